The summed E-state index contributed by atoms with van der Waals surface area (Å²) in [6.45, 7) is 3.49. The van der Waals surface area contributed by atoms with Crippen molar-refractivity contribution in [1.82, 2.24) is 15.1 Å². The molecule has 1 saturated carbocycles. The molecule has 0 bridgehead atoms. The van der Waals surface area contributed by atoms with Gasteiger partial charge in [0.25, 0.3) is 0 Å². The first-order valence-corrected chi connectivity index (χ1v) is 7.50. The van der Waals surface area contributed by atoms with Crippen molar-refractivity contribution in [3.8, 4) is 11.5 Å². The van der Waals surface area contributed by atoms with Crippen molar-refractivity contribution in [2.75, 3.05) is 13.2 Å². The number of hydrogen-bond acceptors (Lipinski definition) is 5. The van der Waals surface area contributed by atoms with E-state index in [9.17, 15) is 5.11 Å². The van der Waals surface area contributed by atoms with Gasteiger partial charge in [0.2, 0.25) is 11.8 Å². The third-order valence-corrected chi connectivity index (χ3v) is 4.08. The second-order valence-corrected chi connectivity index (χ2v) is 5.65. The van der Waals surface area contributed by atoms with E-state index in [4.69, 9.17) is 4.42 Å². The third kappa shape index (κ3) is 3.31. The molecule has 1 aliphatic carbocycles. The molecule has 1 aromatic carbocycles. The van der Waals surface area contributed by atoms with Crippen LogP contribution in [0.1, 0.15) is 30.7 Å². The molecule has 0 aliphatic heterocycles. The van der Waals surface area contributed by atoms with Crippen molar-refractivity contribution >= 4 is 0 Å². The molecule has 1 N–H and O–H groups in total. The Balaban J connectivity index is 1.70. The van der Waals surface area contributed by atoms with E-state index in [1.165, 1.54) is 24.8 Å². The number of benzene rings is 1. The Hall–Kier alpha value is -1.72. The highest BCUT2D eigenvalue weighted by Gasteiger charge is 2.26. The molecule has 112 valence electrons. The number of aromatic nitrogens is 2. The van der Waals surface area contributed by atoms with Crippen LogP contribution in [0.2, 0.25) is 0 Å². The molecule has 1 fully saturated rings. The van der Waals surface area contributed by atoms with Gasteiger partial charge in [0.15, 0.2) is 0 Å². The molecule has 0 amide bonds. The molecular formula is C16H21N3O2. The highest BCUT2D eigenvalue weighted by molar-refractivity contribution is 5.52. The molecule has 3 rings (SSSR count). The Morgan fingerprint density at radius 2 is 2.00 bits per heavy atom. The number of aliphatic hydroxyl groups is 1. The fourth-order valence-corrected chi connectivity index (χ4v) is 2.58. The smallest absolute Gasteiger partial charge is 0.247 e. The van der Waals surface area contributed by atoms with Gasteiger partial charge in [-0.3, -0.25) is 4.90 Å². The lowest BCUT2D eigenvalue weighted by Gasteiger charge is -2.36. The van der Waals surface area contributed by atoms with Crippen LogP contribution in [0.4, 0.5) is 0 Å². The fraction of sp³-hybridized carbons (Fsp3) is 0.500. The Bertz CT molecular complexity index is 575. The van der Waals surface area contributed by atoms with Crippen molar-refractivity contribution in [2.45, 2.75) is 38.8 Å². The minimum absolute atomic E-state index is 0.162. The zero-order valence-electron chi connectivity index (χ0n) is 12.3. The monoisotopic (exact) mass is 287 g/mol. The van der Waals surface area contributed by atoms with Crippen molar-refractivity contribution in [1.29, 1.82) is 0 Å². The Morgan fingerprint density at radius 1 is 1.24 bits per heavy atom. The van der Waals surface area contributed by atoms with E-state index in [0.717, 1.165) is 5.56 Å². The van der Waals surface area contributed by atoms with Crippen LogP contribution in [0.15, 0.2) is 28.7 Å². The third-order valence-electron chi connectivity index (χ3n) is 4.08. The summed E-state index contributed by atoms with van der Waals surface area (Å²) in [4.78, 5) is 2.23. The minimum Gasteiger partial charge on any atom is -0.419 e. The van der Waals surface area contributed by atoms with Crippen molar-refractivity contribution in [3.05, 3.63) is 35.7 Å². The van der Waals surface area contributed by atoms with Gasteiger partial charge < -0.3 is 9.52 Å². The molecule has 1 aliphatic rings. The van der Waals surface area contributed by atoms with E-state index >= 15 is 0 Å². The lowest BCUT2D eigenvalue weighted by molar-refractivity contribution is 0.0862. The van der Waals surface area contributed by atoms with E-state index in [2.05, 4.69) is 22.0 Å². The highest BCUT2D eigenvalue weighted by Crippen LogP contribution is 2.26. The maximum atomic E-state index is 9.18. The molecular weight excluding hydrogens is 266 g/mol. The molecule has 1 heterocycles. The largest absolute Gasteiger partial charge is 0.419 e. The molecule has 5 heteroatoms. The van der Waals surface area contributed by atoms with Crippen LogP contribution >= 0.6 is 0 Å². The zero-order valence-corrected chi connectivity index (χ0v) is 12.3. The fourth-order valence-electron chi connectivity index (χ4n) is 2.58. The van der Waals surface area contributed by atoms with Crippen LogP contribution in [0.5, 0.6) is 0 Å². The minimum atomic E-state index is 0.162. The number of aliphatic hydroxyl groups excluding tert-OH is 1. The SMILES string of the molecule is Cc1ccc(-c2nnc(CN(CCO)C3CCC3)o2)cc1. The lowest BCUT2D eigenvalue weighted by atomic mass is 9.91. The predicted octanol–water partition coefficient (Wildman–Crippen LogP) is 2.39. The molecule has 0 radical (unpaired) electrons. The van der Waals surface area contributed by atoms with Gasteiger partial charge in [0.1, 0.15) is 0 Å². The number of nitrogens with zero attached hydrogens (tertiary/aromatic N) is 3. The second-order valence-electron chi connectivity index (χ2n) is 5.65. The summed E-state index contributed by atoms with van der Waals surface area (Å²) in [6.07, 6.45) is 3.66. The number of rotatable bonds is 6. The van der Waals surface area contributed by atoms with Crippen LogP contribution < -0.4 is 0 Å². The summed E-state index contributed by atoms with van der Waals surface area (Å²) in [5, 5.41) is 17.4. The number of hydrogen-bond donors (Lipinski definition) is 1. The normalized spacial score (nSPS) is 15.4. The highest BCUT2D eigenvalue weighted by atomic mass is 16.4. The molecule has 2 aromatic rings. The summed E-state index contributed by atoms with van der Waals surface area (Å²) < 4.78 is 5.76. The quantitative estimate of drug-likeness (QED) is 0.884. The summed E-state index contributed by atoms with van der Waals surface area (Å²) in [7, 11) is 0. The van der Waals surface area contributed by atoms with Crippen LogP contribution in [0, 0.1) is 6.92 Å². The molecule has 0 saturated heterocycles. The number of aryl methyl sites for hydroxylation is 1. The summed E-state index contributed by atoms with van der Waals surface area (Å²) >= 11 is 0. The van der Waals surface area contributed by atoms with Gasteiger partial charge in [-0.15, -0.1) is 10.2 Å². The standard InChI is InChI=1S/C16H21N3O2/c1-12-5-7-13(8-6-12)16-18-17-15(21-16)11-19(9-10-20)14-3-2-4-14/h5-8,14,20H,2-4,9-11H2,1H3. The van der Waals surface area contributed by atoms with Gasteiger partial charge in [-0.1, -0.05) is 24.1 Å². The van der Waals surface area contributed by atoms with E-state index in [1.54, 1.807) is 0 Å². The Morgan fingerprint density at radius 3 is 2.62 bits per heavy atom. The maximum Gasteiger partial charge on any atom is 0.247 e. The van der Waals surface area contributed by atoms with Crippen LogP contribution in [0.3, 0.4) is 0 Å². The maximum absolute atomic E-state index is 9.18. The Kier molecular flexibility index (Phi) is 4.31. The average molecular weight is 287 g/mol. The van der Waals surface area contributed by atoms with Gasteiger partial charge in [-0.05, 0) is 31.9 Å². The van der Waals surface area contributed by atoms with Gasteiger partial charge in [-0.25, -0.2) is 0 Å². The van der Waals surface area contributed by atoms with E-state index in [0.29, 0.717) is 30.9 Å². The van der Waals surface area contributed by atoms with E-state index in [1.807, 2.05) is 24.3 Å². The first kappa shape index (κ1) is 14.2. The lowest BCUT2D eigenvalue weighted by Crippen LogP contribution is -2.41. The van der Waals surface area contributed by atoms with Gasteiger partial charge in [0.05, 0.1) is 13.2 Å². The molecule has 0 spiro atoms. The van der Waals surface area contributed by atoms with Crippen LogP contribution in [0.25, 0.3) is 11.5 Å². The first-order valence-electron chi connectivity index (χ1n) is 7.50. The van der Waals surface area contributed by atoms with E-state index in [-0.39, 0.29) is 6.61 Å². The van der Waals surface area contributed by atoms with Gasteiger partial charge >= 0.3 is 0 Å². The predicted molar refractivity (Wildman–Crippen MR) is 79.6 cm³/mol. The molecule has 1 aromatic heterocycles. The first-order chi connectivity index (χ1) is 10.3. The van der Waals surface area contributed by atoms with Gasteiger partial charge in [0, 0.05) is 18.2 Å². The molecule has 0 atom stereocenters. The second kappa shape index (κ2) is 6.37. The average Bonchev–Trinajstić information content (AvgIpc) is 2.86. The molecule has 21 heavy (non-hydrogen) atoms. The zero-order chi connectivity index (χ0) is 14.7. The van der Waals surface area contributed by atoms with Crippen molar-refractivity contribution in [3.63, 3.8) is 0 Å². The topological polar surface area (TPSA) is 62.4 Å². The van der Waals surface area contributed by atoms with Crippen LogP contribution in [-0.4, -0.2) is 39.4 Å². The molecule has 0 unspecified atom stereocenters. The summed E-state index contributed by atoms with van der Waals surface area (Å²) in [6, 6.07) is 8.60. The summed E-state index contributed by atoms with van der Waals surface area (Å²) in [5.74, 6) is 1.17. The van der Waals surface area contributed by atoms with Crippen LogP contribution in [-0.2, 0) is 6.54 Å². The van der Waals surface area contributed by atoms with E-state index < -0.39 is 0 Å². The summed E-state index contributed by atoms with van der Waals surface area (Å²) in [5.41, 5.74) is 2.15. The molecule has 5 nitrogen and oxygen atoms in total. The Labute approximate surface area is 124 Å². The van der Waals surface area contributed by atoms with Crippen molar-refractivity contribution < 1.29 is 9.52 Å². The van der Waals surface area contributed by atoms with Crippen molar-refractivity contribution in [2.24, 2.45) is 0 Å². The van der Waals surface area contributed by atoms with Gasteiger partial charge in [-0.2, -0.15) is 0 Å².